The number of carboxylic acids is 1. The Balaban J connectivity index is 0.00000541. The van der Waals surface area contributed by atoms with E-state index in [-0.39, 0.29) is 55.1 Å². The molecule has 1 aromatic carbocycles. The zero-order valence-electron chi connectivity index (χ0n) is 29.9. The van der Waals surface area contributed by atoms with Crippen LogP contribution in [0.1, 0.15) is 88.3 Å². The number of nitrogens with one attached hydrogen (secondary N) is 1. The maximum Gasteiger partial charge on any atom is 0.355 e. The topological polar surface area (TPSA) is 222 Å². The van der Waals surface area contributed by atoms with Gasteiger partial charge in [-0.15, -0.1) is 12.4 Å². The molecule has 3 aliphatic rings. The number of nitrogens with two attached hydrogens (primary N) is 2. The summed E-state index contributed by atoms with van der Waals surface area (Å²) >= 11 is 0. The van der Waals surface area contributed by atoms with Crippen LogP contribution < -0.4 is 27.2 Å². The highest BCUT2D eigenvalue weighted by Gasteiger charge is 2.50. The lowest BCUT2D eigenvalue weighted by atomic mass is 9.85. The summed E-state index contributed by atoms with van der Waals surface area (Å²) in [5, 5.41) is 13.1. The van der Waals surface area contributed by atoms with E-state index in [9.17, 15) is 29.1 Å². The van der Waals surface area contributed by atoms with Gasteiger partial charge in [-0.25, -0.2) is 19.6 Å². The number of carbonyl (C=O) groups excluding carboxylic acids is 3. The standard InChI is InChI=1S/C37H45N7O8.ClH/c1-3-5-8-16-43-20-40-25-11-9-12-26-30(25)32(43)21-18-44-28(31(21)41-26)17-23-22(34(44)47)19-51-36(50)37(23,4-2)52-29(45)14-13-27(35(48)49)42-33(46)24(39)10-6-7-15-38;/h9,11-12,17,20,24,27H,3-8,10,13-16,18-19,38-39H2,1-2H3,(H,42,46)(H,48,49);1H/t24-,27+,37+;/m1./s1. The van der Waals surface area contributed by atoms with Crippen LogP contribution in [-0.4, -0.2) is 70.0 Å². The van der Waals surface area contributed by atoms with Gasteiger partial charge in [0.15, 0.2) is 0 Å². The molecule has 0 bridgehead atoms. The Bertz CT molecular complexity index is 2020. The molecule has 2 aromatic heterocycles. The second-order valence-electron chi connectivity index (χ2n) is 13.5. The summed E-state index contributed by atoms with van der Waals surface area (Å²) in [6.45, 7) is 4.91. The lowest BCUT2D eigenvalue weighted by Crippen LogP contribution is -2.49. The number of aliphatic imine (C=N–C) groups is 1. The minimum absolute atomic E-state index is 0. The third-order valence-electron chi connectivity index (χ3n) is 10.1. The third kappa shape index (κ3) is 7.37. The molecule has 0 radical (unpaired) electrons. The van der Waals surface area contributed by atoms with Gasteiger partial charge < -0.3 is 40.8 Å². The predicted molar refractivity (Wildman–Crippen MR) is 200 cm³/mol. The number of anilines is 1. The van der Waals surface area contributed by atoms with E-state index in [1.807, 2.05) is 24.5 Å². The molecule has 5 heterocycles. The van der Waals surface area contributed by atoms with Gasteiger partial charge in [0.25, 0.3) is 5.56 Å². The van der Waals surface area contributed by atoms with Gasteiger partial charge in [0.2, 0.25) is 11.5 Å². The van der Waals surface area contributed by atoms with E-state index in [0.717, 1.165) is 48.1 Å². The quantitative estimate of drug-likeness (QED) is 0.0954. The molecule has 53 heavy (non-hydrogen) atoms. The number of rotatable bonds is 16. The fourth-order valence-electron chi connectivity index (χ4n) is 7.24. The molecule has 0 aliphatic carbocycles. The maximum absolute atomic E-state index is 14.2. The van der Waals surface area contributed by atoms with Gasteiger partial charge in [-0.1, -0.05) is 39.2 Å². The number of aliphatic carboxylic acids is 1. The van der Waals surface area contributed by atoms with Crippen molar-refractivity contribution < 1.29 is 33.8 Å². The van der Waals surface area contributed by atoms with Crippen LogP contribution in [0.4, 0.5) is 11.4 Å². The van der Waals surface area contributed by atoms with Crippen molar-refractivity contribution in [2.45, 2.75) is 102 Å². The lowest BCUT2D eigenvalue weighted by molar-refractivity contribution is -0.189. The van der Waals surface area contributed by atoms with E-state index in [1.165, 1.54) is 0 Å². The van der Waals surface area contributed by atoms with Crippen molar-refractivity contribution in [1.82, 2.24) is 14.9 Å². The average Bonchev–Trinajstić information content (AvgIpc) is 3.50. The Morgan fingerprint density at radius 1 is 1.11 bits per heavy atom. The smallest absolute Gasteiger partial charge is 0.355 e. The molecule has 0 spiro atoms. The van der Waals surface area contributed by atoms with E-state index >= 15 is 0 Å². The molecule has 0 unspecified atom stereocenters. The Kier molecular flexibility index (Phi) is 12.2. The van der Waals surface area contributed by atoms with Gasteiger partial charge in [-0.05, 0) is 56.8 Å². The van der Waals surface area contributed by atoms with E-state index in [0.29, 0.717) is 42.7 Å². The van der Waals surface area contributed by atoms with Gasteiger partial charge in [-0.3, -0.25) is 14.4 Å². The van der Waals surface area contributed by atoms with Crippen LogP contribution >= 0.6 is 12.4 Å². The van der Waals surface area contributed by atoms with Crippen molar-refractivity contribution in [2.24, 2.45) is 16.5 Å². The molecular weight excluding hydrogens is 706 g/mol. The Labute approximate surface area is 312 Å². The minimum Gasteiger partial charge on any atom is -0.480 e. The van der Waals surface area contributed by atoms with Crippen molar-refractivity contribution in [3.05, 3.63) is 51.3 Å². The number of fused-ring (bicyclic) bond motifs is 5. The van der Waals surface area contributed by atoms with Gasteiger partial charge in [0.05, 0.1) is 58.2 Å². The summed E-state index contributed by atoms with van der Waals surface area (Å²) in [5.74, 6) is -3.75. The van der Waals surface area contributed by atoms with E-state index in [4.69, 9.17) is 30.9 Å². The van der Waals surface area contributed by atoms with Gasteiger partial charge in [0, 0.05) is 24.1 Å². The number of pyridine rings is 2. The summed E-state index contributed by atoms with van der Waals surface area (Å²) in [6, 6.07) is 5.06. The molecule has 0 saturated heterocycles. The number of carbonyl (C=O) groups is 4. The molecule has 3 atom stereocenters. The number of nitrogens with zero attached hydrogens (tertiary/aromatic N) is 4. The molecule has 3 aliphatic heterocycles. The van der Waals surface area contributed by atoms with Crippen LogP contribution in [0.15, 0.2) is 34.1 Å². The van der Waals surface area contributed by atoms with Crippen molar-refractivity contribution in [3.63, 3.8) is 0 Å². The number of amides is 1. The zero-order valence-corrected chi connectivity index (χ0v) is 30.7. The number of benzene rings is 1. The van der Waals surface area contributed by atoms with Crippen LogP contribution in [0.2, 0.25) is 0 Å². The van der Waals surface area contributed by atoms with Crippen molar-refractivity contribution in [1.29, 1.82) is 0 Å². The van der Waals surface area contributed by atoms with E-state index in [1.54, 1.807) is 17.6 Å². The van der Waals surface area contributed by atoms with Gasteiger partial charge in [-0.2, -0.15) is 0 Å². The molecule has 15 nitrogen and oxygen atoms in total. The number of cyclic esters (lactones) is 1. The number of halogens is 1. The van der Waals surface area contributed by atoms with Crippen LogP contribution in [0.25, 0.3) is 22.3 Å². The van der Waals surface area contributed by atoms with Crippen LogP contribution in [0.5, 0.6) is 0 Å². The number of ether oxygens (including phenoxy) is 2. The number of carboxylic acid groups (broad SMARTS) is 1. The fraction of sp³-hybridized carbons (Fsp3) is 0.486. The molecule has 284 valence electrons. The number of unbranched alkanes of at least 4 members (excludes halogenated alkanes) is 3. The molecule has 3 aromatic rings. The number of esters is 2. The summed E-state index contributed by atoms with van der Waals surface area (Å²) in [5.41, 5.74) is 13.8. The van der Waals surface area contributed by atoms with Crippen molar-refractivity contribution in [3.8, 4) is 11.4 Å². The molecule has 6 N–H and O–H groups in total. The Morgan fingerprint density at radius 2 is 1.91 bits per heavy atom. The zero-order chi connectivity index (χ0) is 37.2. The third-order valence-corrected chi connectivity index (χ3v) is 10.1. The highest BCUT2D eigenvalue weighted by Crippen LogP contribution is 2.47. The number of hydrogen-bond acceptors (Lipinski definition) is 12. The molecule has 0 fully saturated rings. The minimum atomic E-state index is -1.97. The molecule has 1 amide bonds. The predicted octanol–water partition coefficient (Wildman–Crippen LogP) is 3.53. The summed E-state index contributed by atoms with van der Waals surface area (Å²) in [7, 11) is 0. The first-order valence-electron chi connectivity index (χ1n) is 18.0. The van der Waals surface area contributed by atoms with Crippen molar-refractivity contribution >= 4 is 64.8 Å². The average molecular weight is 752 g/mol. The highest BCUT2D eigenvalue weighted by atomic mass is 35.5. The normalized spacial score (nSPS) is 17.6. The molecule has 0 saturated carbocycles. The number of aromatic nitrogens is 2. The molecule has 6 rings (SSSR count). The van der Waals surface area contributed by atoms with Crippen LogP contribution in [0, 0.1) is 0 Å². The summed E-state index contributed by atoms with van der Waals surface area (Å²) in [6.07, 6.45) is 5.66. The Hall–Kier alpha value is -4.86. The molecule has 16 heteroatoms. The van der Waals surface area contributed by atoms with E-state index in [2.05, 4.69) is 17.1 Å². The first-order valence-corrected chi connectivity index (χ1v) is 18.0. The fourth-order valence-corrected chi connectivity index (χ4v) is 7.24. The van der Waals surface area contributed by atoms with Gasteiger partial charge >= 0.3 is 17.9 Å². The van der Waals surface area contributed by atoms with Crippen LogP contribution in [-0.2, 0) is 47.4 Å². The Morgan fingerprint density at radius 3 is 2.62 bits per heavy atom. The highest BCUT2D eigenvalue weighted by molar-refractivity contribution is 6.11. The first kappa shape index (κ1) is 39.3. The SMILES string of the molecule is CCCCCN1C=Nc2cccc3nc4c(c1c23)Cn1c-4cc2c(c1=O)COC(=O)[C@@]2(CC)OC(=O)CC[C@H](NC(=O)[C@H](N)CCCCN)C(=O)O.Cl. The summed E-state index contributed by atoms with van der Waals surface area (Å²) < 4.78 is 13.0. The lowest BCUT2D eigenvalue weighted by Gasteiger charge is -2.35. The van der Waals surface area contributed by atoms with Gasteiger partial charge in [0.1, 0.15) is 12.6 Å². The second-order valence-corrected chi connectivity index (χ2v) is 13.5. The second kappa shape index (κ2) is 16.4. The van der Waals surface area contributed by atoms with Crippen LogP contribution in [0.3, 0.4) is 0 Å². The number of hydrogen-bond donors (Lipinski definition) is 4. The first-order chi connectivity index (χ1) is 25.0. The monoisotopic (exact) mass is 751 g/mol. The van der Waals surface area contributed by atoms with Crippen molar-refractivity contribution in [2.75, 3.05) is 18.0 Å². The largest absolute Gasteiger partial charge is 0.480 e. The van der Waals surface area contributed by atoms with E-state index < -0.39 is 47.9 Å². The maximum atomic E-state index is 14.2. The molecular formula is C37H46ClN7O8. The summed E-state index contributed by atoms with van der Waals surface area (Å²) in [4.78, 5) is 77.5.